The third kappa shape index (κ3) is 1.71. The van der Waals surface area contributed by atoms with E-state index >= 15 is 0 Å². The van der Waals surface area contributed by atoms with E-state index in [2.05, 4.69) is 0 Å². The Hall–Kier alpha value is -1.43. The van der Waals surface area contributed by atoms with Crippen molar-refractivity contribution >= 4 is 17.7 Å². The van der Waals surface area contributed by atoms with Gasteiger partial charge in [0.05, 0.1) is 19.1 Å². The highest BCUT2D eigenvalue weighted by Crippen LogP contribution is 2.60. The number of hydrogen-bond donors (Lipinski definition) is 1. The van der Waals surface area contributed by atoms with Crippen molar-refractivity contribution < 1.29 is 23.9 Å². The Morgan fingerprint density at radius 3 is 2.50 bits per heavy atom. The lowest BCUT2D eigenvalue weighted by Gasteiger charge is -2.23. The van der Waals surface area contributed by atoms with Crippen LogP contribution in [0, 0.1) is 17.8 Å². The number of ketones is 1. The van der Waals surface area contributed by atoms with Crippen molar-refractivity contribution in [3.63, 3.8) is 0 Å². The molecule has 0 heterocycles. The zero-order valence-electron chi connectivity index (χ0n) is 10.5. The van der Waals surface area contributed by atoms with Crippen LogP contribution in [0.5, 0.6) is 0 Å². The molecule has 0 aliphatic heterocycles. The van der Waals surface area contributed by atoms with Gasteiger partial charge in [-0.25, -0.2) is 0 Å². The minimum Gasteiger partial charge on any atom is -0.466 e. The van der Waals surface area contributed by atoms with E-state index in [4.69, 9.17) is 15.2 Å². The van der Waals surface area contributed by atoms with Gasteiger partial charge >= 0.3 is 11.9 Å². The Morgan fingerprint density at radius 1 is 1.33 bits per heavy atom. The summed E-state index contributed by atoms with van der Waals surface area (Å²) in [6.45, 7) is 3.82. The van der Waals surface area contributed by atoms with Crippen molar-refractivity contribution in [1.82, 2.24) is 0 Å². The third-order valence-corrected chi connectivity index (χ3v) is 3.67. The van der Waals surface area contributed by atoms with E-state index in [1.807, 2.05) is 0 Å². The molecule has 0 radical (unpaired) electrons. The van der Waals surface area contributed by atoms with Crippen LogP contribution < -0.4 is 5.73 Å². The molecule has 6 heteroatoms. The number of Topliss-reactive ketones (excluding diaryl/α,β-unsaturated/α-hetero) is 1. The fourth-order valence-electron chi connectivity index (χ4n) is 2.88. The van der Waals surface area contributed by atoms with Gasteiger partial charge in [0, 0.05) is 18.3 Å². The first-order chi connectivity index (χ1) is 8.47. The van der Waals surface area contributed by atoms with Crippen LogP contribution in [0.4, 0.5) is 0 Å². The highest BCUT2D eigenvalue weighted by Gasteiger charge is 2.74. The lowest BCUT2D eigenvalue weighted by molar-refractivity contribution is -0.153. The van der Waals surface area contributed by atoms with Crippen molar-refractivity contribution in [3.05, 3.63) is 0 Å². The number of esters is 2. The average Bonchev–Trinajstić information content (AvgIpc) is 2.99. The van der Waals surface area contributed by atoms with Gasteiger partial charge in [0.2, 0.25) is 0 Å². The summed E-state index contributed by atoms with van der Waals surface area (Å²) < 4.78 is 9.78. The van der Waals surface area contributed by atoms with Crippen LogP contribution in [0.25, 0.3) is 0 Å². The molecule has 2 N–H and O–H groups in total. The molecule has 2 saturated carbocycles. The molecule has 2 aliphatic carbocycles. The van der Waals surface area contributed by atoms with Crippen LogP contribution in [0.1, 0.15) is 20.3 Å². The molecule has 0 saturated heterocycles. The molecule has 2 fully saturated rings. The summed E-state index contributed by atoms with van der Waals surface area (Å²) >= 11 is 0. The number of carbonyl (C=O) groups excluding carboxylic acids is 3. The van der Waals surface area contributed by atoms with Crippen LogP contribution in [-0.4, -0.2) is 36.5 Å². The molecule has 0 aromatic carbocycles. The normalized spacial score (nSPS) is 37.1. The SMILES string of the molecule is CCOC(=O)C1C2C(=O)CC(N)(C(=O)OCC)C21. The maximum Gasteiger partial charge on any atom is 0.326 e. The van der Waals surface area contributed by atoms with E-state index in [9.17, 15) is 14.4 Å². The fraction of sp³-hybridized carbons (Fsp3) is 0.750. The summed E-state index contributed by atoms with van der Waals surface area (Å²) in [7, 11) is 0. The van der Waals surface area contributed by atoms with Crippen molar-refractivity contribution in [2.75, 3.05) is 13.2 Å². The van der Waals surface area contributed by atoms with E-state index in [0.29, 0.717) is 0 Å². The van der Waals surface area contributed by atoms with Crippen molar-refractivity contribution in [3.8, 4) is 0 Å². The van der Waals surface area contributed by atoms with E-state index < -0.39 is 35.2 Å². The first-order valence-electron chi connectivity index (χ1n) is 6.12. The minimum absolute atomic E-state index is 0.0446. The lowest BCUT2D eigenvalue weighted by Crippen LogP contribution is -2.51. The molecule has 6 nitrogen and oxygen atoms in total. The topological polar surface area (TPSA) is 95.7 Å². The van der Waals surface area contributed by atoms with Crippen molar-refractivity contribution in [2.45, 2.75) is 25.8 Å². The molecule has 0 aromatic rings. The smallest absolute Gasteiger partial charge is 0.326 e. The van der Waals surface area contributed by atoms with Gasteiger partial charge < -0.3 is 15.2 Å². The van der Waals surface area contributed by atoms with Gasteiger partial charge in [-0.3, -0.25) is 14.4 Å². The highest BCUT2D eigenvalue weighted by molar-refractivity contribution is 6.03. The van der Waals surface area contributed by atoms with Crippen LogP contribution >= 0.6 is 0 Å². The second-order valence-corrected chi connectivity index (χ2v) is 4.73. The summed E-state index contributed by atoms with van der Waals surface area (Å²) in [5.74, 6) is -2.67. The lowest BCUT2D eigenvalue weighted by atomic mass is 9.91. The molecule has 2 rings (SSSR count). The number of rotatable bonds is 4. The van der Waals surface area contributed by atoms with Gasteiger partial charge in [0.25, 0.3) is 0 Å². The molecule has 0 spiro atoms. The molecule has 4 atom stereocenters. The van der Waals surface area contributed by atoms with Crippen LogP contribution in [0.3, 0.4) is 0 Å². The molecular weight excluding hydrogens is 238 g/mol. The summed E-state index contributed by atoms with van der Waals surface area (Å²) in [6, 6.07) is 0. The van der Waals surface area contributed by atoms with E-state index in [-0.39, 0.29) is 25.4 Å². The maximum absolute atomic E-state index is 11.8. The molecular formula is C12H17NO5. The molecule has 100 valence electrons. The highest BCUT2D eigenvalue weighted by atomic mass is 16.5. The van der Waals surface area contributed by atoms with Crippen LogP contribution in [0.15, 0.2) is 0 Å². The Balaban J connectivity index is 2.15. The van der Waals surface area contributed by atoms with Crippen molar-refractivity contribution in [2.24, 2.45) is 23.5 Å². The molecule has 2 aliphatic rings. The monoisotopic (exact) mass is 255 g/mol. The Bertz CT molecular complexity index is 407. The van der Waals surface area contributed by atoms with Gasteiger partial charge in [-0.05, 0) is 13.8 Å². The largest absolute Gasteiger partial charge is 0.466 e. The van der Waals surface area contributed by atoms with E-state index in [1.54, 1.807) is 13.8 Å². The van der Waals surface area contributed by atoms with Crippen LogP contribution in [0.2, 0.25) is 0 Å². The summed E-state index contributed by atoms with van der Waals surface area (Å²) in [4.78, 5) is 35.2. The van der Waals surface area contributed by atoms with Gasteiger partial charge in [-0.1, -0.05) is 0 Å². The molecule has 18 heavy (non-hydrogen) atoms. The zero-order chi connectivity index (χ0) is 13.5. The third-order valence-electron chi connectivity index (χ3n) is 3.67. The second-order valence-electron chi connectivity index (χ2n) is 4.73. The fourth-order valence-corrected chi connectivity index (χ4v) is 2.88. The van der Waals surface area contributed by atoms with Gasteiger partial charge in [0.1, 0.15) is 11.3 Å². The Morgan fingerprint density at radius 2 is 1.94 bits per heavy atom. The predicted octanol–water partition coefficient (Wildman–Crippen LogP) is -0.355. The van der Waals surface area contributed by atoms with Gasteiger partial charge in [0.15, 0.2) is 0 Å². The van der Waals surface area contributed by atoms with Crippen LogP contribution in [-0.2, 0) is 23.9 Å². The minimum atomic E-state index is -1.35. The number of nitrogens with two attached hydrogens (primary N) is 1. The molecule has 0 aromatic heterocycles. The molecule has 0 bridgehead atoms. The zero-order valence-corrected chi connectivity index (χ0v) is 10.5. The predicted molar refractivity (Wildman–Crippen MR) is 60.3 cm³/mol. The number of hydrogen-bond acceptors (Lipinski definition) is 6. The summed E-state index contributed by atoms with van der Waals surface area (Å²) in [6.07, 6.45) is -0.0446. The Labute approximate surface area is 105 Å². The number of ether oxygens (including phenoxy) is 2. The maximum atomic E-state index is 11.8. The van der Waals surface area contributed by atoms with Gasteiger partial charge in [-0.2, -0.15) is 0 Å². The summed E-state index contributed by atoms with van der Waals surface area (Å²) in [5.41, 5.74) is 4.63. The standard InChI is InChI=1S/C12H17NO5/c1-3-17-10(15)8-7-6(14)5-12(13,9(7)8)11(16)18-4-2/h7-9H,3-5,13H2,1-2H3. The first kappa shape index (κ1) is 13.0. The van der Waals surface area contributed by atoms with E-state index in [0.717, 1.165) is 0 Å². The number of fused-ring (bicyclic) bond motifs is 1. The van der Waals surface area contributed by atoms with Crippen molar-refractivity contribution in [1.29, 1.82) is 0 Å². The van der Waals surface area contributed by atoms with Gasteiger partial charge in [-0.15, -0.1) is 0 Å². The van der Waals surface area contributed by atoms with E-state index in [1.165, 1.54) is 0 Å². The Kier molecular flexibility index (Phi) is 3.14. The molecule has 0 amide bonds. The average molecular weight is 255 g/mol. The molecule has 4 unspecified atom stereocenters. The number of carbonyl (C=O) groups is 3. The quantitative estimate of drug-likeness (QED) is 0.689. The second kappa shape index (κ2) is 4.35. The summed E-state index contributed by atoms with van der Waals surface area (Å²) in [5, 5.41) is 0. The first-order valence-corrected chi connectivity index (χ1v) is 6.12.